The standard InChI is InChI=1S/C12H16ClN3/c13-11-9-4-6-14-7-5-10(9)15-12(16-11)8-2-1-3-8/h8,14H,1-7H2. The van der Waals surface area contributed by atoms with E-state index in [0.29, 0.717) is 11.1 Å². The van der Waals surface area contributed by atoms with Crippen LogP contribution in [0.25, 0.3) is 0 Å². The maximum Gasteiger partial charge on any atom is 0.136 e. The molecule has 4 heteroatoms. The van der Waals surface area contributed by atoms with Crippen LogP contribution in [0.15, 0.2) is 0 Å². The van der Waals surface area contributed by atoms with E-state index < -0.39 is 0 Å². The lowest BCUT2D eigenvalue weighted by Gasteiger charge is -2.24. The molecule has 1 fully saturated rings. The Hall–Kier alpha value is -0.670. The van der Waals surface area contributed by atoms with Crippen LogP contribution in [0.2, 0.25) is 5.15 Å². The quantitative estimate of drug-likeness (QED) is 0.760. The lowest BCUT2D eigenvalue weighted by molar-refractivity contribution is 0.400. The van der Waals surface area contributed by atoms with Crippen molar-refractivity contribution in [1.82, 2.24) is 15.3 Å². The van der Waals surface area contributed by atoms with Crippen molar-refractivity contribution in [3.63, 3.8) is 0 Å². The second kappa shape index (κ2) is 4.30. The predicted octanol–water partition coefficient (Wildman–Crippen LogP) is 2.09. The van der Waals surface area contributed by atoms with Crippen LogP contribution in [0.5, 0.6) is 0 Å². The van der Waals surface area contributed by atoms with Crippen molar-refractivity contribution in [3.05, 3.63) is 22.2 Å². The third-order valence-electron chi connectivity index (χ3n) is 3.62. The molecule has 0 amide bonds. The predicted molar refractivity (Wildman–Crippen MR) is 63.9 cm³/mol. The zero-order valence-corrected chi connectivity index (χ0v) is 10.1. The molecule has 0 unspecified atom stereocenters. The molecule has 1 saturated carbocycles. The number of aromatic nitrogens is 2. The van der Waals surface area contributed by atoms with Crippen LogP contribution < -0.4 is 5.32 Å². The molecule has 2 aliphatic rings. The molecule has 1 N–H and O–H groups in total. The lowest BCUT2D eigenvalue weighted by atomic mass is 9.84. The van der Waals surface area contributed by atoms with Crippen molar-refractivity contribution in [3.8, 4) is 0 Å². The second-order valence-corrected chi connectivity index (χ2v) is 5.03. The Balaban J connectivity index is 1.98. The summed E-state index contributed by atoms with van der Waals surface area (Å²) >= 11 is 6.27. The lowest BCUT2D eigenvalue weighted by Crippen LogP contribution is -2.16. The first-order chi connectivity index (χ1) is 7.84. The first-order valence-electron chi connectivity index (χ1n) is 6.10. The van der Waals surface area contributed by atoms with Gasteiger partial charge in [0.15, 0.2) is 0 Å². The molecule has 86 valence electrons. The molecule has 16 heavy (non-hydrogen) atoms. The molecule has 1 aliphatic heterocycles. The number of halogens is 1. The van der Waals surface area contributed by atoms with Crippen LogP contribution in [0, 0.1) is 0 Å². The zero-order chi connectivity index (χ0) is 11.0. The van der Waals surface area contributed by atoms with Crippen molar-refractivity contribution in [2.75, 3.05) is 13.1 Å². The average molecular weight is 238 g/mol. The summed E-state index contributed by atoms with van der Waals surface area (Å²) in [4.78, 5) is 9.20. The summed E-state index contributed by atoms with van der Waals surface area (Å²) in [5.41, 5.74) is 2.33. The maximum absolute atomic E-state index is 6.27. The van der Waals surface area contributed by atoms with E-state index in [0.717, 1.165) is 37.3 Å². The van der Waals surface area contributed by atoms with Crippen LogP contribution in [0.4, 0.5) is 0 Å². The van der Waals surface area contributed by atoms with Gasteiger partial charge in [0.1, 0.15) is 11.0 Å². The molecule has 0 saturated heterocycles. The Morgan fingerprint density at radius 2 is 1.94 bits per heavy atom. The third kappa shape index (κ3) is 1.82. The molecular weight excluding hydrogens is 222 g/mol. The highest BCUT2D eigenvalue weighted by Crippen LogP contribution is 2.35. The van der Waals surface area contributed by atoms with E-state index in [2.05, 4.69) is 10.3 Å². The number of nitrogens with zero attached hydrogens (tertiary/aromatic N) is 2. The van der Waals surface area contributed by atoms with Crippen LogP contribution in [-0.2, 0) is 12.8 Å². The van der Waals surface area contributed by atoms with Gasteiger partial charge in [0.2, 0.25) is 0 Å². The summed E-state index contributed by atoms with van der Waals surface area (Å²) in [5, 5.41) is 4.06. The van der Waals surface area contributed by atoms with Crippen molar-refractivity contribution in [2.24, 2.45) is 0 Å². The molecule has 1 aliphatic carbocycles. The number of rotatable bonds is 1. The van der Waals surface area contributed by atoms with Gasteiger partial charge >= 0.3 is 0 Å². The Morgan fingerprint density at radius 3 is 2.69 bits per heavy atom. The summed E-state index contributed by atoms with van der Waals surface area (Å²) < 4.78 is 0. The van der Waals surface area contributed by atoms with E-state index in [1.165, 1.54) is 25.0 Å². The average Bonchev–Trinajstić information content (AvgIpc) is 2.40. The van der Waals surface area contributed by atoms with Gasteiger partial charge in [-0.05, 0) is 25.8 Å². The number of hydrogen-bond donors (Lipinski definition) is 1. The molecule has 3 rings (SSSR count). The zero-order valence-electron chi connectivity index (χ0n) is 9.30. The van der Waals surface area contributed by atoms with E-state index in [1.807, 2.05) is 0 Å². The maximum atomic E-state index is 6.27. The minimum atomic E-state index is 0.569. The molecule has 2 heterocycles. The molecular formula is C12H16ClN3. The number of nitrogens with one attached hydrogen (secondary N) is 1. The van der Waals surface area contributed by atoms with E-state index in [9.17, 15) is 0 Å². The summed E-state index contributed by atoms with van der Waals surface area (Å²) in [6, 6.07) is 0. The van der Waals surface area contributed by atoms with Gasteiger partial charge in [0.05, 0.1) is 5.69 Å². The van der Waals surface area contributed by atoms with E-state index in [4.69, 9.17) is 16.6 Å². The Kier molecular flexibility index (Phi) is 2.82. The topological polar surface area (TPSA) is 37.8 Å². The monoisotopic (exact) mass is 237 g/mol. The molecule has 0 bridgehead atoms. The molecule has 0 spiro atoms. The SMILES string of the molecule is Clc1nc(C2CCC2)nc2c1CCNCC2. The van der Waals surface area contributed by atoms with E-state index in [-0.39, 0.29) is 0 Å². The minimum absolute atomic E-state index is 0.569. The van der Waals surface area contributed by atoms with Gasteiger partial charge in [-0.2, -0.15) is 0 Å². The molecule has 1 aromatic rings. The molecule has 0 radical (unpaired) electrons. The summed E-state index contributed by atoms with van der Waals surface area (Å²) in [5.74, 6) is 1.55. The highest BCUT2D eigenvalue weighted by atomic mass is 35.5. The largest absolute Gasteiger partial charge is 0.316 e. The van der Waals surface area contributed by atoms with Gasteiger partial charge in [-0.1, -0.05) is 18.0 Å². The third-order valence-corrected chi connectivity index (χ3v) is 3.93. The molecule has 3 nitrogen and oxygen atoms in total. The highest BCUT2D eigenvalue weighted by Gasteiger charge is 2.25. The molecule has 1 aromatic heterocycles. The van der Waals surface area contributed by atoms with Gasteiger partial charge in [-0.3, -0.25) is 0 Å². The van der Waals surface area contributed by atoms with Crippen molar-refractivity contribution in [2.45, 2.75) is 38.0 Å². The Labute approximate surface area is 101 Å². The van der Waals surface area contributed by atoms with Crippen LogP contribution >= 0.6 is 11.6 Å². The second-order valence-electron chi connectivity index (χ2n) is 4.68. The van der Waals surface area contributed by atoms with Crippen LogP contribution in [0.3, 0.4) is 0 Å². The van der Waals surface area contributed by atoms with Gasteiger partial charge < -0.3 is 5.32 Å². The Morgan fingerprint density at radius 1 is 1.12 bits per heavy atom. The fourth-order valence-corrected chi connectivity index (χ4v) is 2.66. The van der Waals surface area contributed by atoms with Crippen LogP contribution in [-0.4, -0.2) is 23.1 Å². The van der Waals surface area contributed by atoms with Gasteiger partial charge in [-0.25, -0.2) is 9.97 Å². The first-order valence-corrected chi connectivity index (χ1v) is 6.48. The highest BCUT2D eigenvalue weighted by molar-refractivity contribution is 6.30. The normalized spacial score (nSPS) is 21.1. The first kappa shape index (κ1) is 10.5. The number of hydrogen-bond acceptors (Lipinski definition) is 3. The van der Waals surface area contributed by atoms with Gasteiger partial charge in [-0.15, -0.1) is 0 Å². The smallest absolute Gasteiger partial charge is 0.136 e. The van der Waals surface area contributed by atoms with Crippen molar-refractivity contribution < 1.29 is 0 Å². The summed E-state index contributed by atoms with van der Waals surface area (Å²) in [7, 11) is 0. The molecule has 0 atom stereocenters. The summed E-state index contributed by atoms with van der Waals surface area (Å²) in [6.45, 7) is 1.99. The van der Waals surface area contributed by atoms with Crippen molar-refractivity contribution in [1.29, 1.82) is 0 Å². The van der Waals surface area contributed by atoms with Gasteiger partial charge in [0.25, 0.3) is 0 Å². The fraction of sp³-hybridized carbons (Fsp3) is 0.667. The van der Waals surface area contributed by atoms with E-state index >= 15 is 0 Å². The fourth-order valence-electron chi connectivity index (χ4n) is 2.37. The number of fused-ring (bicyclic) bond motifs is 1. The van der Waals surface area contributed by atoms with Crippen molar-refractivity contribution >= 4 is 11.6 Å². The molecule has 0 aromatic carbocycles. The summed E-state index contributed by atoms with van der Waals surface area (Å²) in [6.07, 6.45) is 5.71. The van der Waals surface area contributed by atoms with Gasteiger partial charge in [0, 0.05) is 24.4 Å². The van der Waals surface area contributed by atoms with E-state index in [1.54, 1.807) is 0 Å². The minimum Gasteiger partial charge on any atom is -0.316 e. The van der Waals surface area contributed by atoms with Crippen LogP contribution in [0.1, 0.15) is 42.3 Å². The Bertz CT molecular complexity index is 401.